The van der Waals surface area contributed by atoms with Gasteiger partial charge in [0.1, 0.15) is 11.3 Å². The minimum Gasteiger partial charge on any atom is -0.378 e. The van der Waals surface area contributed by atoms with Gasteiger partial charge in [-0.3, -0.25) is 15.6 Å². The molecule has 2 aliphatic heterocycles. The molecule has 0 radical (unpaired) electrons. The molecule has 0 amide bonds. The Kier molecular flexibility index (Phi) is 6.34. The maximum atomic E-state index is 14.6. The highest BCUT2D eigenvalue weighted by molar-refractivity contribution is 6.31. The number of hydrogen-bond donors (Lipinski definition) is 4. The van der Waals surface area contributed by atoms with Gasteiger partial charge in [-0.25, -0.2) is 23.1 Å². The summed E-state index contributed by atoms with van der Waals surface area (Å²) in [6, 6.07) is 5.05. The molecular weight excluding hydrogens is 473 g/mol. The standard InChI is InChI=1S/C22H22ClF3N6O2/c23-15-6-11(3-4-16(15)24)27-21(31-33)14-7-17(25)18(26)20-19(14)29-22(30-20)28-12-2-1-5-32(8-12)13-9-34-10-13/h3-4,6-7,12-13,33H,1-2,5,8-10H2,(H,27,31)(H2,28,29,30)/t12-/m1/s1. The molecule has 0 bridgehead atoms. The number of nitrogens with one attached hydrogen (secondary N) is 3. The number of nitrogens with zero attached hydrogens (tertiary/aromatic N) is 3. The van der Waals surface area contributed by atoms with Crippen LogP contribution in [-0.2, 0) is 4.74 Å². The Labute approximate surface area is 197 Å². The number of imidazole rings is 1. The second-order valence-corrected chi connectivity index (χ2v) is 8.78. The molecule has 8 nitrogen and oxygen atoms in total. The Morgan fingerprint density at radius 2 is 2.06 bits per heavy atom. The summed E-state index contributed by atoms with van der Waals surface area (Å²) in [7, 11) is 0. The number of hydrogen-bond acceptors (Lipinski definition) is 6. The van der Waals surface area contributed by atoms with E-state index in [2.05, 4.69) is 25.2 Å². The van der Waals surface area contributed by atoms with E-state index in [9.17, 15) is 18.4 Å². The molecule has 2 fully saturated rings. The van der Waals surface area contributed by atoms with E-state index in [0.717, 1.165) is 51.3 Å². The third-order valence-corrected chi connectivity index (χ3v) is 6.39. The van der Waals surface area contributed by atoms with Gasteiger partial charge in [0.05, 0.1) is 35.5 Å². The van der Waals surface area contributed by atoms with E-state index in [1.165, 1.54) is 12.1 Å². The van der Waals surface area contributed by atoms with E-state index in [-0.39, 0.29) is 45.1 Å². The van der Waals surface area contributed by atoms with Crippen LogP contribution in [0.4, 0.5) is 24.8 Å². The fourth-order valence-corrected chi connectivity index (χ4v) is 4.44. The van der Waals surface area contributed by atoms with E-state index in [1.54, 1.807) is 0 Å². The molecule has 2 aromatic carbocycles. The summed E-state index contributed by atoms with van der Waals surface area (Å²) >= 11 is 5.79. The Balaban J connectivity index is 1.47. The molecule has 0 saturated carbocycles. The van der Waals surface area contributed by atoms with E-state index < -0.39 is 17.5 Å². The van der Waals surface area contributed by atoms with Gasteiger partial charge in [0.2, 0.25) is 5.95 Å². The van der Waals surface area contributed by atoms with Crippen molar-refractivity contribution in [3.63, 3.8) is 0 Å². The first-order valence-electron chi connectivity index (χ1n) is 10.8. The number of halogens is 4. The lowest BCUT2D eigenvalue weighted by Gasteiger charge is -2.42. The van der Waals surface area contributed by atoms with Crippen LogP contribution in [0.5, 0.6) is 0 Å². The summed E-state index contributed by atoms with van der Waals surface area (Å²) in [4.78, 5) is 13.7. The summed E-state index contributed by atoms with van der Waals surface area (Å²) in [5.74, 6) is -2.84. The molecule has 12 heteroatoms. The van der Waals surface area contributed by atoms with Gasteiger partial charge in [0.15, 0.2) is 17.5 Å². The number of fused-ring (bicyclic) bond motifs is 1. The smallest absolute Gasteiger partial charge is 0.201 e. The molecule has 34 heavy (non-hydrogen) atoms. The molecule has 1 atom stereocenters. The van der Waals surface area contributed by atoms with Crippen molar-refractivity contribution in [3.05, 3.63) is 52.3 Å². The monoisotopic (exact) mass is 494 g/mol. The Hall–Kier alpha value is -2.86. The van der Waals surface area contributed by atoms with Crippen LogP contribution in [0.2, 0.25) is 5.02 Å². The van der Waals surface area contributed by atoms with Gasteiger partial charge < -0.3 is 15.0 Å². The zero-order valence-electron chi connectivity index (χ0n) is 17.9. The van der Waals surface area contributed by atoms with Crippen LogP contribution in [0.15, 0.2) is 29.3 Å². The number of benzene rings is 2. The molecule has 2 aliphatic rings. The Bertz CT molecular complexity index is 1250. The van der Waals surface area contributed by atoms with Crippen molar-refractivity contribution >= 4 is 40.1 Å². The third kappa shape index (κ3) is 4.43. The molecule has 0 unspecified atom stereocenters. The second-order valence-electron chi connectivity index (χ2n) is 8.37. The largest absolute Gasteiger partial charge is 0.378 e. The maximum Gasteiger partial charge on any atom is 0.201 e. The number of aromatic nitrogens is 2. The molecular formula is C22H22ClF3N6O2. The molecule has 0 spiro atoms. The number of aromatic amines is 1. The van der Waals surface area contributed by atoms with Gasteiger partial charge in [0, 0.05) is 18.2 Å². The number of hydroxylamine groups is 1. The Morgan fingerprint density at radius 1 is 1.24 bits per heavy atom. The van der Waals surface area contributed by atoms with Crippen LogP contribution in [0, 0.1) is 17.5 Å². The van der Waals surface area contributed by atoms with E-state index in [1.807, 2.05) is 5.48 Å². The van der Waals surface area contributed by atoms with Crippen LogP contribution in [0.3, 0.4) is 0 Å². The van der Waals surface area contributed by atoms with E-state index in [0.29, 0.717) is 6.04 Å². The van der Waals surface area contributed by atoms with Crippen LogP contribution >= 0.6 is 11.6 Å². The second kappa shape index (κ2) is 9.41. The number of aliphatic imine (C=N–C) groups is 1. The minimum absolute atomic E-state index is 0.0364. The lowest BCUT2D eigenvalue weighted by molar-refractivity contribution is -0.0710. The van der Waals surface area contributed by atoms with Gasteiger partial charge in [-0.15, -0.1) is 0 Å². The van der Waals surface area contributed by atoms with Crippen molar-refractivity contribution < 1.29 is 23.1 Å². The fraction of sp³-hybridized carbons (Fsp3) is 0.364. The van der Waals surface area contributed by atoms with Crippen molar-refractivity contribution in [3.8, 4) is 0 Å². The third-order valence-electron chi connectivity index (χ3n) is 6.10. The number of H-pyrrole nitrogens is 1. The fourth-order valence-electron chi connectivity index (χ4n) is 4.27. The van der Waals surface area contributed by atoms with Gasteiger partial charge in [-0.1, -0.05) is 11.6 Å². The SMILES string of the molecule is ONC(=Nc1ccc(F)c(Cl)c1)c1cc(F)c(F)c2nc(N[C@@H]3CCCN(C4COC4)C3)[nH]c12. The number of likely N-dealkylation sites (tertiary alicyclic amines) is 1. The molecule has 3 heterocycles. The maximum absolute atomic E-state index is 14.6. The number of rotatable bonds is 5. The van der Waals surface area contributed by atoms with Gasteiger partial charge in [-0.05, 0) is 43.7 Å². The molecule has 1 aromatic heterocycles. The average Bonchev–Trinajstić information content (AvgIpc) is 3.20. The van der Waals surface area contributed by atoms with Gasteiger partial charge in [-0.2, -0.15) is 0 Å². The number of amidine groups is 1. The highest BCUT2D eigenvalue weighted by Gasteiger charge is 2.31. The van der Waals surface area contributed by atoms with Crippen LogP contribution in [0.1, 0.15) is 18.4 Å². The van der Waals surface area contributed by atoms with E-state index in [4.69, 9.17) is 16.3 Å². The summed E-state index contributed by atoms with van der Waals surface area (Å²) in [6.07, 6.45) is 1.90. The van der Waals surface area contributed by atoms with E-state index >= 15 is 0 Å². The normalized spacial score (nSPS) is 19.9. The minimum atomic E-state index is -1.16. The first kappa shape index (κ1) is 22.9. The van der Waals surface area contributed by atoms with Gasteiger partial charge >= 0.3 is 0 Å². The van der Waals surface area contributed by atoms with Crippen molar-refractivity contribution in [2.45, 2.75) is 24.9 Å². The topological polar surface area (TPSA) is 97.8 Å². The Morgan fingerprint density at radius 3 is 2.76 bits per heavy atom. The zero-order valence-corrected chi connectivity index (χ0v) is 18.7. The molecule has 180 valence electrons. The predicted molar refractivity (Wildman–Crippen MR) is 121 cm³/mol. The molecule has 5 rings (SSSR count). The lowest BCUT2D eigenvalue weighted by Crippen LogP contribution is -2.54. The molecule has 0 aliphatic carbocycles. The van der Waals surface area contributed by atoms with Crippen LogP contribution in [0.25, 0.3) is 11.0 Å². The quantitative estimate of drug-likeness (QED) is 0.243. The first-order valence-corrected chi connectivity index (χ1v) is 11.2. The predicted octanol–water partition coefficient (Wildman–Crippen LogP) is 3.97. The summed E-state index contributed by atoms with van der Waals surface area (Å²) in [5, 5.41) is 12.8. The molecule has 3 aromatic rings. The average molecular weight is 495 g/mol. The first-order chi connectivity index (χ1) is 16.4. The molecule has 2 saturated heterocycles. The van der Waals surface area contributed by atoms with Crippen molar-refractivity contribution in [2.24, 2.45) is 4.99 Å². The number of anilines is 1. The van der Waals surface area contributed by atoms with Crippen LogP contribution in [-0.4, -0.2) is 64.3 Å². The van der Waals surface area contributed by atoms with Crippen molar-refractivity contribution in [1.82, 2.24) is 20.3 Å². The number of ether oxygens (including phenoxy) is 1. The number of piperidine rings is 1. The highest BCUT2D eigenvalue weighted by Crippen LogP contribution is 2.28. The summed E-state index contributed by atoms with van der Waals surface area (Å²) < 4.78 is 47.8. The summed E-state index contributed by atoms with van der Waals surface area (Å²) in [5.41, 5.74) is 2.03. The summed E-state index contributed by atoms with van der Waals surface area (Å²) in [6.45, 7) is 3.22. The molecule has 4 N–H and O–H groups in total. The van der Waals surface area contributed by atoms with Crippen molar-refractivity contribution in [1.29, 1.82) is 0 Å². The zero-order chi connectivity index (χ0) is 23.8. The van der Waals surface area contributed by atoms with Crippen LogP contribution < -0.4 is 10.8 Å². The lowest BCUT2D eigenvalue weighted by atomic mass is 10.0. The van der Waals surface area contributed by atoms with Gasteiger partial charge in [0.25, 0.3) is 0 Å². The van der Waals surface area contributed by atoms with Crippen molar-refractivity contribution in [2.75, 3.05) is 31.6 Å². The highest BCUT2D eigenvalue weighted by atomic mass is 35.5.